The van der Waals surface area contributed by atoms with Crippen molar-refractivity contribution in [2.24, 2.45) is 5.92 Å². The minimum absolute atomic E-state index is 0.107. The van der Waals surface area contributed by atoms with E-state index in [-0.39, 0.29) is 31.1 Å². The lowest BCUT2D eigenvalue weighted by atomic mass is 10.1. The van der Waals surface area contributed by atoms with Gasteiger partial charge in [0.2, 0.25) is 18.6 Å². The zero-order valence-electron chi connectivity index (χ0n) is 16.1. The number of urea groups is 1. The topological polar surface area (TPSA) is 100 Å². The highest BCUT2D eigenvalue weighted by molar-refractivity contribution is 6.03. The van der Waals surface area contributed by atoms with Gasteiger partial charge in [-0.15, -0.1) is 0 Å². The van der Waals surface area contributed by atoms with Gasteiger partial charge in [-0.25, -0.2) is 4.79 Å². The highest BCUT2D eigenvalue weighted by atomic mass is 16.7. The Morgan fingerprint density at radius 3 is 2.53 bits per heavy atom. The molecule has 1 atom stereocenters. The standard InChI is InChI=1S/C21H20N4O5/c26-19-9-13(11-25(19)16-5-6-17-18(10-16)30-12-29-17)20(27)23-14-1-3-15(4-2-14)24-8-7-22-21(24)28/h1-6,10,13H,7-9,11-12H2,(H,22,28)(H,23,27). The van der Waals surface area contributed by atoms with Gasteiger partial charge in [0.1, 0.15) is 0 Å². The van der Waals surface area contributed by atoms with Crippen molar-refractivity contribution in [2.75, 3.05) is 41.5 Å². The van der Waals surface area contributed by atoms with Crippen LogP contribution in [0.3, 0.4) is 0 Å². The average molecular weight is 408 g/mol. The fraction of sp³-hybridized carbons (Fsp3) is 0.286. The molecule has 0 spiro atoms. The Morgan fingerprint density at radius 1 is 1.00 bits per heavy atom. The molecule has 3 aliphatic heterocycles. The van der Waals surface area contributed by atoms with Crippen molar-refractivity contribution in [2.45, 2.75) is 6.42 Å². The minimum atomic E-state index is -0.452. The lowest BCUT2D eigenvalue weighted by molar-refractivity contribution is -0.122. The molecule has 0 aromatic heterocycles. The summed E-state index contributed by atoms with van der Waals surface area (Å²) < 4.78 is 10.7. The summed E-state index contributed by atoms with van der Waals surface area (Å²) in [6.07, 6.45) is 0.145. The van der Waals surface area contributed by atoms with E-state index in [1.165, 1.54) is 0 Å². The molecule has 2 N–H and O–H groups in total. The predicted octanol–water partition coefficient (Wildman–Crippen LogP) is 1.94. The number of nitrogens with zero attached hydrogens (tertiary/aromatic N) is 2. The molecular formula is C21H20N4O5. The maximum Gasteiger partial charge on any atom is 0.321 e. The maximum absolute atomic E-state index is 12.7. The third kappa shape index (κ3) is 3.28. The Kier molecular flexibility index (Phi) is 4.42. The molecule has 30 heavy (non-hydrogen) atoms. The molecule has 5 rings (SSSR count). The Hall–Kier alpha value is -3.75. The summed E-state index contributed by atoms with van der Waals surface area (Å²) in [5.74, 6) is 0.476. The Morgan fingerprint density at radius 2 is 1.77 bits per heavy atom. The summed E-state index contributed by atoms with van der Waals surface area (Å²) in [6, 6.07) is 12.3. The first-order valence-corrected chi connectivity index (χ1v) is 9.75. The molecule has 154 valence electrons. The van der Waals surface area contributed by atoms with E-state index in [4.69, 9.17) is 9.47 Å². The lowest BCUT2D eigenvalue weighted by Crippen LogP contribution is -2.28. The largest absolute Gasteiger partial charge is 0.454 e. The maximum atomic E-state index is 12.7. The number of carbonyl (C=O) groups excluding carboxylic acids is 3. The molecule has 0 radical (unpaired) electrons. The second-order valence-corrected chi connectivity index (χ2v) is 7.36. The number of carbonyl (C=O) groups is 3. The number of benzene rings is 2. The summed E-state index contributed by atoms with van der Waals surface area (Å²) in [5, 5.41) is 5.62. The van der Waals surface area contributed by atoms with E-state index >= 15 is 0 Å². The summed E-state index contributed by atoms with van der Waals surface area (Å²) in [6.45, 7) is 1.70. The molecule has 2 saturated heterocycles. The van der Waals surface area contributed by atoms with E-state index in [1.807, 2.05) is 0 Å². The molecule has 4 amide bonds. The van der Waals surface area contributed by atoms with Crippen LogP contribution in [-0.4, -0.2) is 44.3 Å². The Bertz CT molecular complexity index is 1020. The molecule has 9 heteroatoms. The van der Waals surface area contributed by atoms with Gasteiger partial charge in [0.15, 0.2) is 11.5 Å². The number of fused-ring (bicyclic) bond motifs is 1. The normalized spacial score (nSPS) is 19.9. The smallest absolute Gasteiger partial charge is 0.321 e. The Balaban J connectivity index is 1.23. The molecule has 3 heterocycles. The van der Waals surface area contributed by atoms with Crippen LogP contribution < -0.4 is 29.9 Å². The number of anilines is 3. The minimum Gasteiger partial charge on any atom is -0.454 e. The van der Waals surface area contributed by atoms with Gasteiger partial charge in [-0.05, 0) is 36.4 Å². The molecule has 1 unspecified atom stereocenters. The van der Waals surface area contributed by atoms with Gasteiger partial charge in [0.05, 0.1) is 5.92 Å². The third-order valence-corrected chi connectivity index (χ3v) is 5.47. The van der Waals surface area contributed by atoms with Gasteiger partial charge >= 0.3 is 6.03 Å². The number of hydrogen-bond acceptors (Lipinski definition) is 5. The zero-order valence-corrected chi connectivity index (χ0v) is 16.1. The van der Waals surface area contributed by atoms with Gasteiger partial charge in [-0.2, -0.15) is 0 Å². The molecule has 2 aromatic carbocycles. The number of ether oxygens (including phenoxy) is 2. The van der Waals surface area contributed by atoms with Crippen LogP contribution in [0.4, 0.5) is 21.9 Å². The van der Waals surface area contributed by atoms with Crippen molar-refractivity contribution in [1.29, 1.82) is 0 Å². The average Bonchev–Trinajstić information content (AvgIpc) is 3.47. The molecule has 9 nitrogen and oxygen atoms in total. The molecule has 0 saturated carbocycles. The highest BCUT2D eigenvalue weighted by Gasteiger charge is 2.35. The number of hydrogen-bond donors (Lipinski definition) is 2. The quantitative estimate of drug-likeness (QED) is 0.805. The first kappa shape index (κ1) is 18.3. The lowest BCUT2D eigenvalue weighted by Gasteiger charge is -2.17. The fourth-order valence-corrected chi connectivity index (χ4v) is 3.87. The molecule has 0 aliphatic carbocycles. The summed E-state index contributed by atoms with van der Waals surface area (Å²) in [7, 11) is 0. The second kappa shape index (κ2) is 7.25. The van der Waals surface area contributed by atoms with Gasteiger partial charge in [-0.3, -0.25) is 14.5 Å². The van der Waals surface area contributed by atoms with Gasteiger partial charge in [-0.1, -0.05) is 0 Å². The van der Waals surface area contributed by atoms with E-state index in [1.54, 1.807) is 52.3 Å². The molecular weight excluding hydrogens is 388 g/mol. The zero-order chi connectivity index (χ0) is 20.7. The Labute approximate surface area is 172 Å². The van der Waals surface area contributed by atoms with Crippen LogP contribution in [0.15, 0.2) is 42.5 Å². The van der Waals surface area contributed by atoms with Gasteiger partial charge in [0.25, 0.3) is 0 Å². The van der Waals surface area contributed by atoms with Crippen LogP contribution in [-0.2, 0) is 9.59 Å². The van der Waals surface area contributed by atoms with E-state index in [9.17, 15) is 14.4 Å². The number of rotatable bonds is 4. The van der Waals surface area contributed by atoms with Gasteiger partial charge < -0.3 is 25.0 Å². The molecule has 2 fully saturated rings. The number of nitrogens with one attached hydrogen (secondary N) is 2. The van der Waals surface area contributed by atoms with Crippen molar-refractivity contribution in [3.8, 4) is 11.5 Å². The summed E-state index contributed by atoms with van der Waals surface area (Å²) in [5.41, 5.74) is 2.08. The summed E-state index contributed by atoms with van der Waals surface area (Å²) >= 11 is 0. The van der Waals surface area contributed by atoms with Crippen LogP contribution in [0.5, 0.6) is 11.5 Å². The first-order chi connectivity index (χ1) is 14.6. The molecule has 0 bridgehead atoms. The van der Waals surface area contributed by atoms with E-state index in [0.717, 1.165) is 5.69 Å². The van der Waals surface area contributed by atoms with Crippen molar-refractivity contribution < 1.29 is 23.9 Å². The monoisotopic (exact) mass is 408 g/mol. The predicted molar refractivity (Wildman–Crippen MR) is 109 cm³/mol. The van der Waals surface area contributed by atoms with Crippen molar-refractivity contribution in [3.05, 3.63) is 42.5 Å². The number of amides is 4. The first-order valence-electron chi connectivity index (χ1n) is 9.75. The fourth-order valence-electron chi connectivity index (χ4n) is 3.87. The van der Waals surface area contributed by atoms with Crippen molar-refractivity contribution in [1.82, 2.24) is 5.32 Å². The van der Waals surface area contributed by atoms with E-state index in [0.29, 0.717) is 42.5 Å². The van der Waals surface area contributed by atoms with Crippen LogP contribution in [0, 0.1) is 5.92 Å². The summed E-state index contributed by atoms with van der Waals surface area (Å²) in [4.78, 5) is 40.2. The van der Waals surface area contributed by atoms with Crippen LogP contribution >= 0.6 is 0 Å². The molecule has 2 aromatic rings. The van der Waals surface area contributed by atoms with E-state index < -0.39 is 5.92 Å². The third-order valence-electron chi connectivity index (χ3n) is 5.47. The second-order valence-electron chi connectivity index (χ2n) is 7.36. The van der Waals surface area contributed by atoms with Crippen molar-refractivity contribution >= 4 is 34.9 Å². The van der Waals surface area contributed by atoms with Gasteiger partial charge in [0, 0.05) is 49.2 Å². The highest BCUT2D eigenvalue weighted by Crippen LogP contribution is 2.37. The van der Waals surface area contributed by atoms with Crippen LogP contribution in [0.25, 0.3) is 0 Å². The van der Waals surface area contributed by atoms with Crippen LogP contribution in [0.2, 0.25) is 0 Å². The SMILES string of the molecule is O=C(Nc1ccc(N2CCNC2=O)cc1)C1CC(=O)N(c2ccc3c(c2)OCO3)C1. The van der Waals surface area contributed by atoms with Crippen molar-refractivity contribution in [3.63, 3.8) is 0 Å². The van der Waals surface area contributed by atoms with Crippen LogP contribution in [0.1, 0.15) is 6.42 Å². The molecule has 3 aliphatic rings. The van der Waals surface area contributed by atoms with E-state index in [2.05, 4.69) is 10.6 Å².